The van der Waals surface area contributed by atoms with Crippen LogP contribution in [0, 0.1) is 5.82 Å². The highest BCUT2D eigenvalue weighted by Gasteiger charge is 2.33. The lowest BCUT2D eigenvalue weighted by Gasteiger charge is -2.10. The zero-order chi connectivity index (χ0) is 10.9. The first-order valence-corrected chi connectivity index (χ1v) is 4.74. The molecule has 0 spiro atoms. The number of rotatable bonds is 1. The van der Waals surface area contributed by atoms with Crippen LogP contribution < -0.4 is 0 Å². The molecule has 0 N–H and O–H groups in total. The third-order valence-corrected chi connectivity index (χ3v) is 2.29. The molecule has 14 heavy (non-hydrogen) atoms. The molecule has 1 rings (SSSR count). The van der Waals surface area contributed by atoms with Crippen molar-refractivity contribution < 1.29 is 17.6 Å². The van der Waals surface area contributed by atoms with Gasteiger partial charge >= 0.3 is 6.18 Å². The lowest BCUT2D eigenvalue weighted by molar-refractivity contribution is -0.140. The van der Waals surface area contributed by atoms with Crippen molar-refractivity contribution in [3.05, 3.63) is 35.1 Å². The summed E-state index contributed by atoms with van der Waals surface area (Å²) in [5, 5.41) is 0. The van der Waals surface area contributed by atoms with Gasteiger partial charge in [0.05, 0.1) is 5.56 Å². The van der Waals surface area contributed by atoms with E-state index < -0.39 is 17.6 Å². The standard InChI is InChI=1S/C9H7BrF4/c1-5(10)6-2-3-7(8(11)4-6)9(12,13)14/h2-5H,1H3. The van der Waals surface area contributed by atoms with Crippen molar-refractivity contribution in [3.63, 3.8) is 0 Å². The second kappa shape index (κ2) is 3.88. The van der Waals surface area contributed by atoms with Gasteiger partial charge in [-0.3, -0.25) is 0 Å². The molecule has 0 heterocycles. The van der Waals surface area contributed by atoms with Gasteiger partial charge in [-0.05, 0) is 24.6 Å². The predicted molar refractivity (Wildman–Crippen MR) is 48.7 cm³/mol. The maximum atomic E-state index is 13.0. The van der Waals surface area contributed by atoms with Crippen LogP contribution in [0.25, 0.3) is 0 Å². The molecule has 78 valence electrons. The van der Waals surface area contributed by atoms with Gasteiger partial charge in [0.15, 0.2) is 0 Å². The third kappa shape index (κ3) is 2.47. The molecule has 0 aliphatic rings. The average molecular weight is 271 g/mol. The van der Waals surface area contributed by atoms with Crippen molar-refractivity contribution in [1.29, 1.82) is 0 Å². The largest absolute Gasteiger partial charge is 0.419 e. The molecule has 0 aliphatic carbocycles. The van der Waals surface area contributed by atoms with Crippen LogP contribution in [0.2, 0.25) is 0 Å². The summed E-state index contributed by atoms with van der Waals surface area (Å²) < 4.78 is 49.4. The van der Waals surface area contributed by atoms with Crippen molar-refractivity contribution >= 4 is 15.9 Å². The number of halogens is 5. The maximum Gasteiger partial charge on any atom is 0.419 e. The van der Waals surface area contributed by atoms with E-state index in [1.165, 1.54) is 6.07 Å². The van der Waals surface area contributed by atoms with Gasteiger partial charge in [-0.15, -0.1) is 0 Å². The second-order valence-corrected chi connectivity index (χ2v) is 4.23. The van der Waals surface area contributed by atoms with E-state index in [9.17, 15) is 17.6 Å². The Labute approximate surface area is 87.1 Å². The molecule has 0 bridgehead atoms. The van der Waals surface area contributed by atoms with Crippen LogP contribution in [0.5, 0.6) is 0 Å². The zero-order valence-electron chi connectivity index (χ0n) is 7.20. The Bertz CT molecular complexity index is 330. The Kier molecular flexibility index (Phi) is 3.19. The van der Waals surface area contributed by atoms with Crippen molar-refractivity contribution in [3.8, 4) is 0 Å². The van der Waals surface area contributed by atoms with E-state index in [2.05, 4.69) is 15.9 Å². The number of hydrogen-bond acceptors (Lipinski definition) is 0. The van der Waals surface area contributed by atoms with Crippen LogP contribution in [0.15, 0.2) is 18.2 Å². The molecule has 0 amide bonds. The van der Waals surface area contributed by atoms with Gasteiger partial charge in [-0.2, -0.15) is 13.2 Å². The summed E-state index contributed by atoms with van der Waals surface area (Å²) >= 11 is 3.14. The molecule has 0 saturated carbocycles. The number of hydrogen-bond donors (Lipinski definition) is 0. The van der Waals surface area contributed by atoms with E-state index in [1.807, 2.05) is 0 Å². The monoisotopic (exact) mass is 270 g/mol. The van der Waals surface area contributed by atoms with E-state index in [1.54, 1.807) is 6.92 Å². The van der Waals surface area contributed by atoms with E-state index in [0.717, 1.165) is 12.1 Å². The lowest BCUT2D eigenvalue weighted by Crippen LogP contribution is -2.08. The van der Waals surface area contributed by atoms with Gasteiger partial charge in [-0.25, -0.2) is 4.39 Å². The Morgan fingerprint density at radius 1 is 1.29 bits per heavy atom. The molecule has 5 heteroatoms. The summed E-state index contributed by atoms with van der Waals surface area (Å²) in [4.78, 5) is -0.167. The Morgan fingerprint density at radius 2 is 1.86 bits per heavy atom. The second-order valence-electron chi connectivity index (χ2n) is 2.85. The molecule has 1 unspecified atom stereocenters. The van der Waals surface area contributed by atoms with Gasteiger partial charge in [0.1, 0.15) is 5.82 Å². The van der Waals surface area contributed by atoms with E-state index in [0.29, 0.717) is 5.56 Å². The molecule has 0 saturated heterocycles. The van der Waals surface area contributed by atoms with Gasteiger partial charge < -0.3 is 0 Å². The van der Waals surface area contributed by atoms with Gasteiger partial charge in [0.25, 0.3) is 0 Å². The Hall–Kier alpha value is -0.580. The fourth-order valence-corrected chi connectivity index (χ4v) is 1.29. The number of alkyl halides is 4. The fourth-order valence-electron chi connectivity index (χ4n) is 1.01. The summed E-state index contributed by atoms with van der Waals surface area (Å²) in [7, 11) is 0. The van der Waals surface area contributed by atoms with Crippen LogP contribution in [-0.2, 0) is 6.18 Å². The van der Waals surface area contributed by atoms with Crippen LogP contribution in [-0.4, -0.2) is 0 Å². The van der Waals surface area contributed by atoms with Crippen molar-refractivity contribution in [1.82, 2.24) is 0 Å². The minimum Gasteiger partial charge on any atom is -0.206 e. The van der Waals surface area contributed by atoms with Crippen molar-refractivity contribution in [2.45, 2.75) is 17.9 Å². The molecule has 0 nitrogen and oxygen atoms in total. The summed E-state index contributed by atoms with van der Waals surface area (Å²) in [6, 6.07) is 2.90. The van der Waals surface area contributed by atoms with Crippen LogP contribution in [0.3, 0.4) is 0 Å². The molecule has 0 fully saturated rings. The molecule has 1 atom stereocenters. The average Bonchev–Trinajstić information content (AvgIpc) is 2.01. The van der Waals surface area contributed by atoms with Crippen molar-refractivity contribution in [2.24, 2.45) is 0 Å². The quantitative estimate of drug-likeness (QED) is 0.527. The van der Waals surface area contributed by atoms with Crippen LogP contribution in [0.1, 0.15) is 22.9 Å². The van der Waals surface area contributed by atoms with E-state index >= 15 is 0 Å². The zero-order valence-corrected chi connectivity index (χ0v) is 8.79. The van der Waals surface area contributed by atoms with Gasteiger partial charge in [0.2, 0.25) is 0 Å². The van der Waals surface area contributed by atoms with E-state index in [4.69, 9.17) is 0 Å². The third-order valence-electron chi connectivity index (χ3n) is 1.76. The molecule has 1 aromatic carbocycles. The highest BCUT2D eigenvalue weighted by molar-refractivity contribution is 9.09. The lowest BCUT2D eigenvalue weighted by atomic mass is 10.1. The van der Waals surface area contributed by atoms with Crippen LogP contribution in [0.4, 0.5) is 17.6 Å². The highest BCUT2D eigenvalue weighted by Crippen LogP contribution is 2.33. The molecule has 0 aliphatic heterocycles. The Morgan fingerprint density at radius 3 is 2.21 bits per heavy atom. The molecule has 0 aromatic heterocycles. The van der Waals surface area contributed by atoms with Crippen molar-refractivity contribution in [2.75, 3.05) is 0 Å². The van der Waals surface area contributed by atoms with Gasteiger partial charge in [0, 0.05) is 4.83 Å². The smallest absolute Gasteiger partial charge is 0.206 e. The maximum absolute atomic E-state index is 13.0. The first-order chi connectivity index (χ1) is 6.32. The minimum atomic E-state index is -4.63. The van der Waals surface area contributed by atoms with E-state index in [-0.39, 0.29) is 4.83 Å². The van der Waals surface area contributed by atoms with Crippen LogP contribution >= 0.6 is 15.9 Å². The minimum absolute atomic E-state index is 0.167. The summed E-state index contributed by atoms with van der Waals surface area (Å²) in [6.07, 6.45) is -4.63. The molecular formula is C9H7BrF4. The highest BCUT2D eigenvalue weighted by atomic mass is 79.9. The first-order valence-electron chi connectivity index (χ1n) is 3.83. The summed E-state index contributed by atoms with van der Waals surface area (Å²) in [5.74, 6) is -1.23. The number of benzene rings is 1. The predicted octanol–water partition coefficient (Wildman–Crippen LogP) is 4.30. The Balaban J connectivity index is 3.15. The topological polar surface area (TPSA) is 0 Å². The SMILES string of the molecule is CC(Br)c1ccc(C(F)(F)F)c(F)c1. The fraction of sp³-hybridized carbons (Fsp3) is 0.333. The molecule has 0 radical (unpaired) electrons. The summed E-state index contributed by atoms with van der Waals surface area (Å²) in [5.41, 5.74) is -0.745. The molecule has 1 aromatic rings. The van der Waals surface area contributed by atoms with Gasteiger partial charge in [-0.1, -0.05) is 22.0 Å². The first kappa shape index (κ1) is 11.5. The summed E-state index contributed by atoms with van der Waals surface area (Å²) in [6.45, 7) is 1.71. The normalized spacial score (nSPS) is 14.1. The molecular weight excluding hydrogens is 264 g/mol.